The van der Waals surface area contributed by atoms with Gasteiger partial charge in [0.15, 0.2) is 0 Å². The Kier molecular flexibility index (Phi) is 5.30. The highest BCUT2D eigenvalue weighted by Gasteiger charge is 2.16. The Morgan fingerprint density at radius 2 is 1.75 bits per heavy atom. The number of ether oxygens (including phenoxy) is 1. The van der Waals surface area contributed by atoms with E-state index in [1.165, 1.54) is 6.08 Å². The monoisotopic (exact) mass is 281 g/mol. The molecule has 0 radical (unpaired) electrons. The van der Waals surface area contributed by atoms with Crippen molar-refractivity contribution in [1.29, 1.82) is 0 Å². The second-order valence-electron chi connectivity index (χ2n) is 3.62. The number of carbonyl (C=O) groups excluding carboxylic acids is 1. The average molecular weight is 281 g/mol. The van der Waals surface area contributed by atoms with E-state index in [4.69, 9.17) is 10.5 Å². The van der Waals surface area contributed by atoms with Gasteiger partial charge < -0.3 is 10.5 Å². The number of nitrogens with two attached hydrogens (primary N) is 1. The van der Waals surface area contributed by atoms with Gasteiger partial charge in [-0.2, -0.15) is 0 Å². The number of non-ortho nitro benzene ring substituents is 2. The van der Waals surface area contributed by atoms with E-state index in [9.17, 15) is 25.0 Å². The molecule has 1 aromatic rings. The lowest BCUT2D eigenvalue weighted by molar-refractivity contribution is -0.394. The Labute approximate surface area is 112 Å². The summed E-state index contributed by atoms with van der Waals surface area (Å²) in [6, 6.07) is 3.04. The molecule has 0 aliphatic carbocycles. The lowest BCUT2D eigenvalue weighted by Gasteiger charge is -2.02. The van der Waals surface area contributed by atoms with Gasteiger partial charge in [0.25, 0.3) is 11.4 Å². The summed E-state index contributed by atoms with van der Waals surface area (Å²) in [6.45, 7) is -0.145. The van der Waals surface area contributed by atoms with Gasteiger partial charge in [0, 0.05) is 30.3 Å². The Morgan fingerprint density at radius 3 is 2.20 bits per heavy atom. The van der Waals surface area contributed by atoms with E-state index in [0.717, 1.165) is 24.3 Å². The molecule has 0 heterocycles. The highest BCUT2D eigenvalue weighted by molar-refractivity contribution is 5.81. The molecule has 0 fully saturated rings. The lowest BCUT2D eigenvalue weighted by atomic mass is 10.2. The fourth-order valence-electron chi connectivity index (χ4n) is 1.32. The molecule has 0 aromatic heterocycles. The van der Waals surface area contributed by atoms with Gasteiger partial charge in [0.1, 0.15) is 6.61 Å². The minimum absolute atomic E-state index is 0.153. The van der Waals surface area contributed by atoms with Crippen LogP contribution >= 0.6 is 0 Å². The van der Waals surface area contributed by atoms with Crippen LogP contribution in [-0.2, 0) is 16.1 Å². The van der Waals surface area contributed by atoms with Crippen LogP contribution in [-0.4, -0.2) is 22.4 Å². The van der Waals surface area contributed by atoms with E-state index in [1.807, 2.05) is 0 Å². The molecule has 1 aromatic carbocycles. The molecule has 0 bridgehead atoms. The molecule has 9 nitrogen and oxygen atoms in total. The van der Waals surface area contributed by atoms with Gasteiger partial charge in [-0.05, 0) is 0 Å². The third-order valence-corrected chi connectivity index (χ3v) is 2.16. The van der Waals surface area contributed by atoms with Crippen molar-refractivity contribution >= 4 is 17.3 Å². The largest absolute Gasteiger partial charge is 0.458 e. The first-order chi connectivity index (χ1) is 9.43. The summed E-state index contributed by atoms with van der Waals surface area (Å²) in [6.07, 6.45) is 2.48. The minimum atomic E-state index is -0.757. The van der Waals surface area contributed by atoms with Gasteiger partial charge in [-0.25, -0.2) is 4.79 Å². The standard InChI is InChI=1S/C11H11N3O6/c12-3-1-2-11(15)20-7-8-4-9(13(16)17)6-10(5-8)14(18)19/h1-2,4-6H,3,7,12H2/b2-1+. The topological polar surface area (TPSA) is 139 Å². The van der Waals surface area contributed by atoms with Crippen LogP contribution in [0.4, 0.5) is 11.4 Å². The fraction of sp³-hybridized carbons (Fsp3) is 0.182. The number of benzene rings is 1. The van der Waals surface area contributed by atoms with Crippen LogP contribution < -0.4 is 5.73 Å². The molecule has 0 unspecified atom stereocenters. The normalized spacial score (nSPS) is 10.4. The van der Waals surface area contributed by atoms with Crippen LogP contribution in [0.5, 0.6) is 0 Å². The van der Waals surface area contributed by atoms with Gasteiger partial charge >= 0.3 is 5.97 Å². The molecule has 9 heteroatoms. The molecule has 0 aliphatic heterocycles. The summed E-state index contributed by atoms with van der Waals surface area (Å²) in [5.41, 5.74) is 4.42. The maximum atomic E-state index is 11.2. The predicted molar refractivity (Wildman–Crippen MR) is 67.7 cm³/mol. The predicted octanol–water partition coefficient (Wildman–Crippen LogP) is 1.06. The third kappa shape index (κ3) is 4.46. The third-order valence-electron chi connectivity index (χ3n) is 2.16. The molecule has 0 spiro atoms. The first kappa shape index (κ1) is 15.2. The number of esters is 1. The highest BCUT2D eigenvalue weighted by Crippen LogP contribution is 2.23. The van der Waals surface area contributed by atoms with E-state index in [-0.39, 0.29) is 18.7 Å². The van der Waals surface area contributed by atoms with Crippen molar-refractivity contribution in [2.75, 3.05) is 6.54 Å². The van der Waals surface area contributed by atoms with E-state index in [2.05, 4.69) is 0 Å². The molecule has 0 saturated heterocycles. The van der Waals surface area contributed by atoms with Crippen LogP contribution in [0.2, 0.25) is 0 Å². The van der Waals surface area contributed by atoms with Gasteiger partial charge in [-0.15, -0.1) is 0 Å². The Hall–Kier alpha value is -2.81. The van der Waals surface area contributed by atoms with Gasteiger partial charge in [-0.3, -0.25) is 20.2 Å². The number of nitrogens with zero attached hydrogens (tertiary/aromatic N) is 2. The van der Waals surface area contributed by atoms with Crippen molar-refractivity contribution < 1.29 is 19.4 Å². The fourth-order valence-corrected chi connectivity index (χ4v) is 1.32. The van der Waals surface area contributed by atoms with Gasteiger partial charge in [-0.1, -0.05) is 6.08 Å². The second kappa shape index (κ2) is 6.95. The Morgan fingerprint density at radius 1 is 1.20 bits per heavy atom. The highest BCUT2D eigenvalue weighted by atomic mass is 16.6. The molecule has 1 rings (SSSR count). The van der Waals surface area contributed by atoms with E-state index < -0.39 is 27.2 Å². The van der Waals surface area contributed by atoms with Crippen LogP contribution in [0.25, 0.3) is 0 Å². The maximum Gasteiger partial charge on any atom is 0.330 e. The summed E-state index contributed by atoms with van der Waals surface area (Å²) in [7, 11) is 0. The van der Waals surface area contributed by atoms with E-state index >= 15 is 0 Å². The smallest absolute Gasteiger partial charge is 0.330 e. The molecule has 0 atom stereocenters. The first-order valence-corrected chi connectivity index (χ1v) is 5.40. The van der Waals surface area contributed by atoms with E-state index in [0.29, 0.717) is 0 Å². The zero-order chi connectivity index (χ0) is 15.1. The number of hydrogen-bond donors (Lipinski definition) is 1. The molecular formula is C11H11N3O6. The minimum Gasteiger partial charge on any atom is -0.458 e. The zero-order valence-corrected chi connectivity index (χ0v) is 10.2. The lowest BCUT2D eigenvalue weighted by Crippen LogP contribution is -2.03. The SMILES string of the molecule is NC/C=C/C(=O)OCc1cc([N+](=O)[O-])cc([N+](=O)[O-])c1. The Bertz CT molecular complexity index is 537. The van der Waals surface area contributed by atoms with Gasteiger partial charge in [0.2, 0.25) is 0 Å². The summed E-state index contributed by atoms with van der Waals surface area (Å²) in [5.74, 6) is -0.690. The molecule has 106 valence electrons. The number of hydrogen-bond acceptors (Lipinski definition) is 7. The Balaban J connectivity index is 2.89. The van der Waals surface area contributed by atoms with Crippen molar-refractivity contribution in [3.8, 4) is 0 Å². The number of nitro benzene ring substituents is 2. The molecule has 0 aliphatic rings. The summed E-state index contributed by atoms with van der Waals surface area (Å²) >= 11 is 0. The molecule has 20 heavy (non-hydrogen) atoms. The van der Waals surface area contributed by atoms with Crippen molar-refractivity contribution in [2.24, 2.45) is 5.73 Å². The molecule has 0 saturated carbocycles. The average Bonchev–Trinajstić information content (AvgIpc) is 2.42. The molecular weight excluding hydrogens is 270 g/mol. The summed E-state index contributed by atoms with van der Waals surface area (Å²) in [4.78, 5) is 31.0. The number of rotatable bonds is 6. The summed E-state index contributed by atoms with van der Waals surface area (Å²) in [5, 5.41) is 21.3. The quantitative estimate of drug-likeness (QED) is 0.356. The molecule has 2 N–H and O–H groups in total. The molecule has 0 amide bonds. The number of carbonyl (C=O) groups is 1. The second-order valence-corrected chi connectivity index (χ2v) is 3.62. The zero-order valence-electron chi connectivity index (χ0n) is 10.2. The van der Waals surface area contributed by atoms with Gasteiger partial charge in [0.05, 0.1) is 15.9 Å². The van der Waals surface area contributed by atoms with Crippen molar-refractivity contribution in [3.05, 3.63) is 56.1 Å². The van der Waals surface area contributed by atoms with Crippen LogP contribution in [0.3, 0.4) is 0 Å². The van der Waals surface area contributed by atoms with Crippen molar-refractivity contribution in [3.63, 3.8) is 0 Å². The van der Waals surface area contributed by atoms with Crippen LogP contribution in [0.1, 0.15) is 5.56 Å². The van der Waals surface area contributed by atoms with E-state index in [1.54, 1.807) is 0 Å². The maximum absolute atomic E-state index is 11.2. The van der Waals surface area contributed by atoms with Crippen LogP contribution in [0.15, 0.2) is 30.4 Å². The summed E-state index contributed by atoms with van der Waals surface area (Å²) < 4.78 is 4.77. The van der Waals surface area contributed by atoms with Crippen molar-refractivity contribution in [2.45, 2.75) is 6.61 Å². The van der Waals surface area contributed by atoms with Crippen molar-refractivity contribution in [1.82, 2.24) is 0 Å². The number of nitro groups is 2. The first-order valence-electron chi connectivity index (χ1n) is 5.40. The van der Waals surface area contributed by atoms with Crippen LogP contribution in [0, 0.1) is 20.2 Å².